The van der Waals surface area contributed by atoms with Gasteiger partial charge in [-0.1, -0.05) is 24.3 Å². The van der Waals surface area contributed by atoms with Crippen LogP contribution >= 0.6 is 0 Å². The SMILES string of the molecule is COc1ccc([C@@H]2C(C(=O)Nc3cccnc3)=C(C)Nc3nc(-c4cccc(O)c4)nn32)cc1. The number of benzene rings is 2. The van der Waals surface area contributed by atoms with Gasteiger partial charge in [0.15, 0.2) is 5.82 Å². The molecule has 5 rings (SSSR count). The number of phenols is 1. The number of nitrogens with zero attached hydrogens (tertiary/aromatic N) is 4. The number of aromatic nitrogens is 4. The molecule has 0 unspecified atom stereocenters. The number of carbonyl (C=O) groups excluding carboxylic acids is 1. The number of methoxy groups -OCH3 is 1. The molecule has 9 nitrogen and oxygen atoms in total. The Balaban J connectivity index is 1.60. The van der Waals surface area contributed by atoms with E-state index in [1.54, 1.807) is 54.5 Å². The van der Waals surface area contributed by atoms with Crippen molar-refractivity contribution in [2.45, 2.75) is 13.0 Å². The first-order valence-corrected chi connectivity index (χ1v) is 10.6. The molecule has 0 bridgehead atoms. The van der Waals surface area contributed by atoms with Gasteiger partial charge in [-0.05, 0) is 48.9 Å². The Morgan fingerprint density at radius 3 is 2.68 bits per heavy atom. The van der Waals surface area contributed by atoms with Gasteiger partial charge in [-0.3, -0.25) is 9.78 Å². The summed E-state index contributed by atoms with van der Waals surface area (Å²) in [6, 6.07) is 17.2. The second kappa shape index (κ2) is 8.70. The number of nitrogens with one attached hydrogen (secondary N) is 2. The molecular weight excluding hydrogens is 432 g/mol. The van der Waals surface area contributed by atoms with E-state index < -0.39 is 6.04 Å². The number of fused-ring (bicyclic) bond motifs is 1. The molecule has 0 aliphatic carbocycles. The van der Waals surface area contributed by atoms with Crippen molar-refractivity contribution in [2.75, 3.05) is 17.7 Å². The standard InChI is InChI=1S/C25H22N6O3/c1-15-21(24(33)28-18-6-4-12-26-14-18)22(16-8-10-20(34-2)11-9-16)31-25(27-15)29-23(30-31)17-5-3-7-19(32)13-17/h3-14,22,32H,1-2H3,(H,28,33)(H,27,29,30)/t22-/m1/s1. The highest BCUT2D eigenvalue weighted by Gasteiger charge is 2.34. The smallest absolute Gasteiger partial charge is 0.255 e. The number of amides is 1. The molecule has 0 saturated carbocycles. The molecule has 1 atom stereocenters. The fraction of sp³-hybridized carbons (Fsp3) is 0.120. The van der Waals surface area contributed by atoms with Crippen LogP contribution in [0.1, 0.15) is 18.5 Å². The fourth-order valence-corrected chi connectivity index (χ4v) is 3.94. The van der Waals surface area contributed by atoms with Gasteiger partial charge in [-0.2, -0.15) is 4.98 Å². The Morgan fingerprint density at radius 2 is 1.97 bits per heavy atom. The molecule has 0 radical (unpaired) electrons. The minimum Gasteiger partial charge on any atom is -0.508 e. The number of phenolic OH excluding ortho intramolecular Hbond substituents is 1. The van der Waals surface area contributed by atoms with Crippen LogP contribution in [0.25, 0.3) is 11.4 Å². The summed E-state index contributed by atoms with van der Waals surface area (Å²) in [6.45, 7) is 1.83. The lowest BCUT2D eigenvalue weighted by Gasteiger charge is -2.28. The number of rotatable bonds is 5. The van der Waals surface area contributed by atoms with Crippen LogP contribution in [-0.4, -0.2) is 37.9 Å². The molecule has 0 saturated heterocycles. The summed E-state index contributed by atoms with van der Waals surface area (Å²) in [6.07, 6.45) is 3.24. The highest BCUT2D eigenvalue weighted by Crippen LogP contribution is 2.37. The Labute approximate surface area is 195 Å². The largest absolute Gasteiger partial charge is 0.508 e. The number of carbonyl (C=O) groups is 1. The predicted octanol–water partition coefficient (Wildman–Crippen LogP) is 3.98. The lowest BCUT2D eigenvalue weighted by atomic mass is 9.95. The van der Waals surface area contributed by atoms with E-state index in [9.17, 15) is 9.90 Å². The fourth-order valence-electron chi connectivity index (χ4n) is 3.94. The van der Waals surface area contributed by atoms with Crippen LogP contribution in [-0.2, 0) is 4.79 Å². The molecule has 1 amide bonds. The van der Waals surface area contributed by atoms with Gasteiger partial charge in [0.05, 0.1) is 24.6 Å². The third kappa shape index (κ3) is 3.95. The van der Waals surface area contributed by atoms with Gasteiger partial charge in [0.2, 0.25) is 5.95 Å². The zero-order chi connectivity index (χ0) is 23.7. The van der Waals surface area contributed by atoms with E-state index in [1.165, 1.54) is 0 Å². The number of pyridine rings is 1. The Morgan fingerprint density at radius 1 is 1.15 bits per heavy atom. The highest BCUT2D eigenvalue weighted by atomic mass is 16.5. The third-order valence-corrected chi connectivity index (χ3v) is 5.55. The van der Waals surface area contributed by atoms with Crippen LogP contribution in [0.2, 0.25) is 0 Å². The Kier molecular flexibility index (Phi) is 5.43. The van der Waals surface area contributed by atoms with Gasteiger partial charge in [0, 0.05) is 17.5 Å². The molecule has 3 heterocycles. The predicted molar refractivity (Wildman–Crippen MR) is 127 cm³/mol. The van der Waals surface area contributed by atoms with Gasteiger partial charge < -0.3 is 20.5 Å². The zero-order valence-corrected chi connectivity index (χ0v) is 18.6. The van der Waals surface area contributed by atoms with Crippen molar-refractivity contribution < 1.29 is 14.6 Å². The van der Waals surface area contributed by atoms with Crippen molar-refractivity contribution in [1.82, 2.24) is 19.7 Å². The first kappa shape index (κ1) is 21.2. The number of hydrogen-bond acceptors (Lipinski definition) is 7. The second-order valence-corrected chi connectivity index (χ2v) is 7.79. The zero-order valence-electron chi connectivity index (χ0n) is 18.6. The summed E-state index contributed by atoms with van der Waals surface area (Å²) < 4.78 is 6.99. The molecule has 4 aromatic rings. The highest BCUT2D eigenvalue weighted by molar-refractivity contribution is 6.05. The van der Waals surface area contributed by atoms with Gasteiger partial charge in [-0.25, -0.2) is 4.68 Å². The van der Waals surface area contributed by atoms with E-state index in [4.69, 9.17) is 9.84 Å². The van der Waals surface area contributed by atoms with E-state index in [2.05, 4.69) is 20.6 Å². The molecule has 0 fully saturated rings. The number of allylic oxidation sites excluding steroid dienone is 1. The summed E-state index contributed by atoms with van der Waals surface area (Å²) in [5.74, 6) is 1.47. The minimum atomic E-state index is -0.544. The van der Waals surface area contributed by atoms with E-state index in [0.717, 1.165) is 5.56 Å². The maximum Gasteiger partial charge on any atom is 0.255 e. The third-order valence-electron chi connectivity index (χ3n) is 5.55. The second-order valence-electron chi connectivity index (χ2n) is 7.79. The topological polar surface area (TPSA) is 114 Å². The first-order chi connectivity index (χ1) is 16.5. The average molecular weight is 454 g/mol. The molecule has 2 aromatic carbocycles. The molecule has 9 heteroatoms. The van der Waals surface area contributed by atoms with Crippen LogP contribution in [0.3, 0.4) is 0 Å². The average Bonchev–Trinajstić information content (AvgIpc) is 3.27. The molecule has 1 aliphatic rings. The van der Waals surface area contributed by atoms with Crippen molar-refractivity contribution in [3.63, 3.8) is 0 Å². The van der Waals surface area contributed by atoms with Crippen LogP contribution < -0.4 is 15.4 Å². The summed E-state index contributed by atoms with van der Waals surface area (Å²) in [7, 11) is 1.60. The van der Waals surface area contributed by atoms with Crippen molar-refractivity contribution in [2.24, 2.45) is 0 Å². The quantitative estimate of drug-likeness (QED) is 0.418. The van der Waals surface area contributed by atoms with Crippen LogP contribution in [0.15, 0.2) is 84.3 Å². The van der Waals surface area contributed by atoms with Crippen LogP contribution in [0, 0.1) is 0 Å². The monoisotopic (exact) mass is 454 g/mol. The molecule has 3 N–H and O–H groups in total. The number of anilines is 2. The molecular formula is C25H22N6O3. The van der Waals surface area contributed by atoms with Gasteiger partial charge >= 0.3 is 0 Å². The molecule has 0 spiro atoms. The van der Waals surface area contributed by atoms with Crippen molar-refractivity contribution in [3.05, 3.63) is 89.9 Å². The van der Waals surface area contributed by atoms with Crippen LogP contribution in [0.5, 0.6) is 11.5 Å². The number of ether oxygens (including phenoxy) is 1. The molecule has 1 aliphatic heterocycles. The Hall–Kier alpha value is -4.66. The lowest BCUT2D eigenvalue weighted by Crippen LogP contribution is -2.31. The molecule has 2 aromatic heterocycles. The van der Waals surface area contributed by atoms with Gasteiger partial charge in [0.25, 0.3) is 5.91 Å². The summed E-state index contributed by atoms with van der Waals surface area (Å²) >= 11 is 0. The van der Waals surface area contributed by atoms with Crippen molar-refractivity contribution in [1.29, 1.82) is 0 Å². The minimum absolute atomic E-state index is 0.121. The van der Waals surface area contributed by atoms with E-state index in [-0.39, 0.29) is 11.7 Å². The molecule has 34 heavy (non-hydrogen) atoms. The van der Waals surface area contributed by atoms with E-state index in [1.807, 2.05) is 37.3 Å². The maximum absolute atomic E-state index is 13.5. The summed E-state index contributed by atoms with van der Waals surface area (Å²) in [5, 5.41) is 20.7. The van der Waals surface area contributed by atoms with Gasteiger partial charge in [0.1, 0.15) is 17.5 Å². The number of aromatic hydroxyl groups is 1. The first-order valence-electron chi connectivity index (χ1n) is 10.6. The van der Waals surface area contributed by atoms with Crippen molar-refractivity contribution in [3.8, 4) is 22.9 Å². The van der Waals surface area contributed by atoms with Crippen molar-refractivity contribution >= 4 is 17.5 Å². The lowest BCUT2D eigenvalue weighted by molar-refractivity contribution is -0.113. The van der Waals surface area contributed by atoms with Gasteiger partial charge in [-0.15, -0.1) is 5.10 Å². The van der Waals surface area contributed by atoms with E-state index >= 15 is 0 Å². The Bertz CT molecular complexity index is 1380. The summed E-state index contributed by atoms with van der Waals surface area (Å²) in [4.78, 5) is 22.2. The maximum atomic E-state index is 13.5. The molecule has 170 valence electrons. The normalized spacial score (nSPS) is 14.8. The van der Waals surface area contributed by atoms with E-state index in [0.29, 0.717) is 40.0 Å². The number of hydrogen-bond donors (Lipinski definition) is 3. The van der Waals surface area contributed by atoms with Crippen LogP contribution in [0.4, 0.5) is 11.6 Å². The summed E-state index contributed by atoms with van der Waals surface area (Å²) in [5.41, 5.74) is 3.24.